The van der Waals surface area contributed by atoms with Crippen molar-refractivity contribution in [3.63, 3.8) is 0 Å². The van der Waals surface area contributed by atoms with Crippen LogP contribution in [0.3, 0.4) is 0 Å². The van der Waals surface area contributed by atoms with E-state index in [-0.39, 0.29) is 18.6 Å². The lowest BCUT2D eigenvalue weighted by molar-refractivity contribution is -0.139. The van der Waals surface area contributed by atoms with Gasteiger partial charge in [0.05, 0.1) is 13.0 Å². The summed E-state index contributed by atoms with van der Waals surface area (Å²) in [5.41, 5.74) is 0. The van der Waals surface area contributed by atoms with Gasteiger partial charge in [-0.3, -0.25) is 0 Å². The minimum absolute atomic E-state index is 0.128. The summed E-state index contributed by atoms with van der Waals surface area (Å²) in [6.07, 6.45) is -4.18. The van der Waals surface area contributed by atoms with Crippen molar-refractivity contribution < 1.29 is 18.3 Å². The third-order valence-corrected chi connectivity index (χ3v) is 2.56. The molecule has 2 nitrogen and oxygen atoms in total. The first-order valence-electron chi connectivity index (χ1n) is 5.23. The molecule has 0 rings (SSSR count). The van der Waals surface area contributed by atoms with Crippen molar-refractivity contribution >= 4 is 0 Å². The first-order valence-corrected chi connectivity index (χ1v) is 5.23. The molecular formula is C10H20F3NO. The molecule has 0 aliphatic rings. The average Bonchev–Trinajstić information content (AvgIpc) is 2.10. The first kappa shape index (κ1) is 14.7. The fourth-order valence-electron chi connectivity index (χ4n) is 1.45. The molecule has 0 radical (unpaired) electrons. The van der Waals surface area contributed by atoms with Crippen molar-refractivity contribution in [2.24, 2.45) is 5.92 Å². The summed E-state index contributed by atoms with van der Waals surface area (Å²) in [5.74, 6) is 0.172. The van der Waals surface area contributed by atoms with Gasteiger partial charge in [-0.15, -0.1) is 0 Å². The minimum Gasteiger partial charge on any atom is -0.395 e. The zero-order chi connectivity index (χ0) is 12.1. The molecule has 0 bridgehead atoms. The van der Waals surface area contributed by atoms with Crippen molar-refractivity contribution in [2.45, 2.75) is 51.9 Å². The van der Waals surface area contributed by atoms with Crippen LogP contribution in [0.4, 0.5) is 13.2 Å². The summed E-state index contributed by atoms with van der Waals surface area (Å²) < 4.78 is 36.1. The standard InChI is InChI=1S/C10H20F3NO/c1-4-7(2)9(6-15)14-8(3)5-10(11,12)13/h7-9,14-15H,4-6H2,1-3H3. The molecule has 3 unspecified atom stereocenters. The van der Waals surface area contributed by atoms with E-state index in [1.54, 1.807) is 0 Å². The zero-order valence-corrected chi connectivity index (χ0v) is 9.43. The average molecular weight is 227 g/mol. The van der Waals surface area contributed by atoms with Gasteiger partial charge in [0.2, 0.25) is 0 Å². The van der Waals surface area contributed by atoms with Gasteiger partial charge >= 0.3 is 6.18 Å². The van der Waals surface area contributed by atoms with E-state index >= 15 is 0 Å². The Morgan fingerprint density at radius 2 is 1.80 bits per heavy atom. The molecule has 0 amide bonds. The van der Waals surface area contributed by atoms with Crippen LogP contribution in [0.25, 0.3) is 0 Å². The Morgan fingerprint density at radius 3 is 2.13 bits per heavy atom. The van der Waals surface area contributed by atoms with E-state index in [2.05, 4.69) is 5.32 Å². The summed E-state index contributed by atoms with van der Waals surface area (Å²) in [6, 6.07) is -0.913. The molecule has 0 aromatic carbocycles. The smallest absolute Gasteiger partial charge is 0.390 e. The maximum atomic E-state index is 12.0. The van der Waals surface area contributed by atoms with E-state index in [4.69, 9.17) is 5.11 Å². The van der Waals surface area contributed by atoms with E-state index in [1.807, 2.05) is 13.8 Å². The van der Waals surface area contributed by atoms with Crippen LogP contribution >= 0.6 is 0 Å². The van der Waals surface area contributed by atoms with Crippen molar-refractivity contribution in [1.82, 2.24) is 5.32 Å². The molecule has 0 spiro atoms. The molecule has 92 valence electrons. The van der Waals surface area contributed by atoms with Crippen LogP contribution in [0, 0.1) is 5.92 Å². The number of alkyl halides is 3. The lowest BCUT2D eigenvalue weighted by Crippen LogP contribution is -2.44. The Balaban J connectivity index is 4.07. The van der Waals surface area contributed by atoms with Gasteiger partial charge in [0.25, 0.3) is 0 Å². The number of aliphatic hydroxyl groups excluding tert-OH is 1. The van der Waals surface area contributed by atoms with E-state index in [9.17, 15) is 13.2 Å². The number of nitrogens with one attached hydrogen (secondary N) is 1. The number of hydrogen-bond donors (Lipinski definition) is 2. The van der Waals surface area contributed by atoms with E-state index in [0.717, 1.165) is 6.42 Å². The fraction of sp³-hybridized carbons (Fsp3) is 1.00. The third kappa shape index (κ3) is 6.73. The highest BCUT2D eigenvalue weighted by molar-refractivity contribution is 4.76. The normalized spacial score (nSPS) is 18.6. The second-order valence-electron chi connectivity index (χ2n) is 4.06. The highest BCUT2D eigenvalue weighted by Gasteiger charge is 2.31. The quantitative estimate of drug-likeness (QED) is 0.730. The van der Waals surface area contributed by atoms with Gasteiger partial charge in [-0.2, -0.15) is 13.2 Å². The fourth-order valence-corrected chi connectivity index (χ4v) is 1.45. The molecule has 0 heterocycles. The van der Waals surface area contributed by atoms with Crippen LogP contribution in [0.15, 0.2) is 0 Å². The molecular weight excluding hydrogens is 207 g/mol. The Kier molecular flexibility index (Phi) is 6.20. The van der Waals surface area contributed by atoms with Gasteiger partial charge in [0, 0.05) is 12.1 Å². The third-order valence-electron chi connectivity index (χ3n) is 2.56. The van der Waals surface area contributed by atoms with Crippen molar-refractivity contribution in [1.29, 1.82) is 0 Å². The molecule has 15 heavy (non-hydrogen) atoms. The Hall–Kier alpha value is -0.290. The first-order chi connectivity index (χ1) is 6.80. The molecule has 3 atom stereocenters. The van der Waals surface area contributed by atoms with Gasteiger partial charge in [0.15, 0.2) is 0 Å². The Labute approximate surface area is 88.9 Å². The number of halogens is 3. The molecule has 0 fully saturated rings. The van der Waals surface area contributed by atoms with E-state index < -0.39 is 18.6 Å². The zero-order valence-electron chi connectivity index (χ0n) is 9.43. The largest absolute Gasteiger partial charge is 0.395 e. The summed E-state index contributed by atoms with van der Waals surface area (Å²) >= 11 is 0. The van der Waals surface area contributed by atoms with E-state index in [0.29, 0.717) is 0 Å². The number of hydrogen-bond acceptors (Lipinski definition) is 2. The second kappa shape index (κ2) is 6.33. The molecule has 0 aromatic heterocycles. The highest BCUT2D eigenvalue weighted by Crippen LogP contribution is 2.22. The predicted octanol–water partition coefficient (Wildman–Crippen LogP) is 2.32. The lowest BCUT2D eigenvalue weighted by atomic mass is 9.99. The van der Waals surface area contributed by atoms with Crippen LogP contribution in [-0.2, 0) is 0 Å². The minimum atomic E-state index is -4.15. The predicted molar refractivity (Wildman–Crippen MR) is 53.6 cm³/mol. The van der Waals surface area contributed by atoms with Gasteiger partial charge in [-0.05, 0) is 12.8 Å². The summed E-state index contributed by atoms with van der Waals surface area (Å²) in [5, 5.41) is 11.8. The number of rotatable bonds is 6. The van der Waals surface area contributed by atoms with Crippen molar-refractivity contribution in [3.8, 4) is 0 Å². The van der Waals surface area contributed by atoms with Crippen LogP contribution < -0.4 is 5.32 Å². The van der Waals surface area contributed by atoms with Gasteiger partial charge in [-0.25, -0.2) is 0 Å². The summed E-state index contributed by atoms with van der Waals surface area (Å²) in [6.45, 7) is 5.22. The Bertz CT molecular complexity index is 173. The number of aliphatic hydroxyl groups is 1. The molecule has 0 aromatic rings. The van der Waals surface area contributed by atoms with Crippen LogP contribution in [0.1, 0.15) is 33.6 Å². The molecule has 0 saturated carbocycles. The summed E-state index contributed by atoms with van der Waals surface area (Å²) in [7, 11) is 0. The van der Waals surface area contributed by atoms with Gasteiger partial charge < -0.3 is 10.4 Å². The molecule has 5 heteroatoms. The maximum Gasteiger partial charge on any atom is 0.390 e. The van der Waals surface area contributed by atoms with Crippen LogP contribution in [0.5, 0.6) is 0 Å². The lowest BCUT2D eigenvalue weighted by Gasteiger charge is -2.26. The van der Waals surface area contributed by atoms with Crippen molar-refractivity contribution in [2.75, 3.05) is 6.61 Å². The molecule has 0 aliphatic heterocycles. The van der Waals surface area contributed by atoms with Gasteiger partial charge in [0.1, 0.15) is 0 Å². The van der Waals surface area contributed by atoms with Gasteiger partial charge in [-0.1, -0.05) is 20.3 Å². The summed E-state index contributed by atoms with van der Waals surface area (Å²) in [4.78, 5) is 0. The molecule has 0 aliphatic carbocycles. The molecule has 0 saturated heterocycles. The SMILES string of the molecule is CCC(C)C(CO)NC(C)CC(F)(F)F. The topological polar surface area (TPSA) is 32.3 Å². The Morgan fingerprint density at radius 1 is 1.27 bits per heavy atom. The van der Waals surface area contributed by atoms with Crippen LogP contribution in [0.2, 0.25) is 0 Å². The monoisotopic (exact) mass is 227 g/mol. The maximum absolute atomic E-state index is 12.0. The van der Waals surface area contributed by atoms with Crippen LogP contribution in [-0.4, -0.2) is 30.0 Å². The highest BCUT2D eigenvalue weighted by atomic mass is 19.4. The molecule has 2 N–H and O–H groups in total. The van der Waals surface area contributed by atoms with Crippen molar-refractivity contribution in [3.05, 3.63) is 0 Å². The second-order valence-corrected chi connectivity index (χ2v) is 4.06. The van der Waals surface area contributed by atoms with E-state index in [1.165, 1.54) is 6.92 Å².